The lowest BCUT2D eigenvalue weighted by Crippen LogP contribution is -2.40. The van der Waals surface area contributed by atoms with E-state index in [1.165, 1.54) is 0 Å². The zero-order valence-corrected chi connectivity index (χ0v) is 18.0. The van der Waals surface area contributed by atoms with Gasteiger partial charge in [0.2, 0.25) is 5.91 Å². The van der Waals surface area contributed by atoms with Crippen molar-refractivity contribution >= 4 is 34.1 Å². The number of rotatable bonds is 4. The zero-order valence-electron chi connectivity index (χ0n) is 17.3. The summed E-state index contributed by atoms with van der Waals surface area (Å²) in [6.07, 6.45) is 0.729. The van der Waals surface area contributed by atoms with Crippen LogP contribution >= 0.6 is 11.6 Å². The Kier molecular flexibility index (Phi) is 5.54. The number of aromatic nitrogens is 1. The monoisotopic (exact) mass is 425 g/mol. The van der Waals surface area contributed by atoms with Crippen molar-refractivity contribution in [1.82, 2.24) is 9.47 Å². The van der Waals surface area contributed by atoms with Crippen LogP contribution in [0.5, 0.6) is 5.75 Å². The molecule has 0 bridgehead atoms. The number of aryl methyl sites for hydroxylation is 2. The molecule has 1 aliphatic rings. The summed E-state index contributed by atoms with van der Waals surface area (Å²) in [6, 6.07) is 11.1. The van der Waals surface area contributed by atoms with Crippen LogP contribution in [0.2, 0.25) is 5.02 Å². The summed E-state index contributed by atoms with van der Waals surface area (Å²) in [5, 5.41) is 4.03. The van der Waals surface area contributed by atoms with E-state index >= 15 is 0 Å². The molecule has 0 radical (unpaired) electrons. The van der Waals surface area contributed by atoms with Gasteiger partial charge >= 0.3 is 0 Å². The molecular formula is C23H24ClN3O3. The fourth-order valence-electron chi connectivity index (χ4n) is 4.10. The van der Waals surface area contributed by atoms with E-state index in [2.05, 4.69) is 9.88 Å². The van der Waals surface area contributed by atoms with Crippen LogP contribution in [0.15, 0.2) is 41.2 Å². The van der Waals surface area contributed by atoms with E-state index in [9.17, 15) is 9.59 Å². The average molecular weight is 426 g/mol. The van der Waals surface area contributed by atoms with Crippen molar-refractivity contribution in [1.29, 1.82) is 0 Å². The van der Waals surface area contributed by atoms with Gasteiger partial charge in [0.1, 0.15) is 5.75 Å². The first-order valence-corrected chi connectivity index (χ1v) is 10.2. The standard InChI is InChI=1S/C23H24ClN3O3/c1-14-4-6-19-16(10-14)23(29)17-12-27(9-8-20(17)26(19)2)13-22(28)25-15-5-7-21(30-3)18(24)11-15/h4-7,10-11H,8-9,12-13H2,1-3H3,(H,25,28). The SMILES string of the molecule is COc1ccc(NC(=O)CN2CCc3c(c(=O)c4cc(C)ccc4n3C)C2)cc1Cl. The van der Waals surface area contributed by atoms with Crippen molar-refractivity contribution in [2.45, 2.75) is 19.9 Å². The maximum atomic E-state index is 13.1. The zero-order chi connectivity index (χ0) is 21.4. The Labute approximate surface area is 180 Å². The van der Waals surface area contributed by atoms with Gasteiger partial charge in [0, 0.05) is 48.9 Å². The molecule has 4 rings (SSSR count). The highest BCUT2D eigenvalue weighted by Gasteiger charge is 2.24. The van der Waals surface area contributed by atoms with Gasteiger partial charge in [-0.3, -0.25) is 14.5 Å². The maximum Gasteiger partial charge on any atom is 0.238 e. The number of nitrogens with one attached hydrogen (secondary N) is 1. The summed E-state index contributed by atoms with van der Waals surface area (Å²) in [7, 11) is 3.55. The molecule has 0 spiro atoms. The fraction of sp³-hybridized carbons (Fsp3) is 0.304. The van der Waals surface area contributed by atoms with Gasteiger partial charge in [-0.25, -0.2) is 0 Å². The van der Waals surface area contributed by atoms with Crippen LogP contribution in [-0.2, 0) is 24.8 Å². The van der Waals surface area contributed by atoms with Crippen molar-refractivity contribution in [2.75, 3.05) is 25.5 Å². The molecule has 1 amide bonds. The quantitative estimate of drug-likeness (QED) is 0.694. The number of hydrogen-bond acceptors (Lipinski definition) is 4. The minimum absolute atomic E-state index is 0.0637. The molecule has 2 heterocycles. The van der Waals surface area contributed by atoms with E-state index in [0.717, 1.165) is 34.1 Å². The second-order valence-electron chi connectivity index (χ2n) is 7.69. The predicted molar refractivity (Wildman–Crippen MR) is 120 cm³/mol. The van der Waals surface area contributed by atoms with Crippen LogP contribution in [0, 0.1) is 6.92 Å². The Morgan fingerprint density at radius 3 is 2.77 bits per heavy atom. The number of carbonyl (C=O) groups excluding carboxylic acids is 1. The minimum atomic E-state index is -0.145. The van der Waals surface area contributed by atoms with Gasteiger partial charge in [0.25, 0.3) is 0 Å². The third-order valence-electron chi connectivity index (χ3n) is 5.63. The molecule has 1 aromatic heterocycles. The van der Waals surface area contributed by atoms with E-state index in [-0.39, 0.29) is 17.9 Å². The van der Waals surface area contributed by atoms with Gasteiger partial charge in [-0.15, -0.1) is 0 Å². The average Bonchev–Trinajstić information content (AvgIpc) is 2.72. The van der Waals surface area contributed by atoms with E-state index in [1.807, 2.05) is 37.1 Å². The summed E-state index contributed by atoms with van der Waals surface area (Å²) >= 11 is 6.13. The van der Waals surface area contributed by atoms with Crippen LogP contribution < -0.4 is 15.5 Å². The van der Waals surface area contributed by atoms with Crippen molar-refractivity contribution in [3.8, 4) is 5.75 Å². The fourth-order valence-corrected chi connectivity index (χ4v) is 4.35. The third-order valence-corrected chi connectivity index (χ3v) is 5.93. The van der Waals surface area contributed by atoms with Crippen LogP contribution in [0.3, 0.4) is 0 Å². The lowest BCUT2D eigenvalue weighted by Gasteiger charge is -2.30. The normalized spacial score (nSPS) is 13.9. The summed E-state index contributed by atoms with van der Waals surface area (Å²) in [4.78, 5) is 27.7. The van der Waals surface area contributed by atoms with Crippen molar-refractivity contribution in [3.05, 3.63) is 68.5 Å². The highest BCUT2D eigenvalue weighted by molar-refractivity contribution is 6.32. The van der Waals surface area contributed by atoms with Gasteiger partial charge < -0.3 is 14.6 Å². The number of hydrogen-bond donors (Lipinski definition) is 1. The van der Waals surface area contributed by atoms with Gasteiger partial charge in [-0.2, -0.15) is 0 Å². The first-order valence-electron chi connectivity index (χ1n) is 9.84. The van der Waals surface area contributed by atoms with E-state index in [0.29, 0.717) is 29.5 Å². The Morgan fingerprint density at radius 2 is 2.03 bits per heavy atom. The van der Waals surface area contributed by atoms with Crippen molar-refractivity contribution in [2.24, 2.45) is 7.05 Å². The molecule has 0 fully saturated rings. The summed E-state index contributed by atoms with van der Waals surface area (Å²) in [5.41, 5.74) is 4.52. The van der Waals surface area contributed by atoms with Crippen molar-refractivity contribution in [3.63, 3.8) is 0 Å². The summed E-state index contributed by atoms with van der Waals surface area (Å²) < 4.78 is 7.25. The Bertz CT molecular complexity index is 1200. The molecule has 3 aromatic rings. The highest BCUT2D eigenvalue weighted by Crippen LogP contribution is 2.27. The number of halogens is 1. The number of carbonyl (C=O) groups is 1. The number of benzene rings is 2. The number of nitrogens with zero attached hydrogens (tertiary/aromatic N) is 2. The maximum absolute atomic E-state index is 13.1. The number of fused-ring (bicyclic) bond motifs is 2. The highest BCUT2D eigenvalue weighted by atomic mass is 35.5. The Morgan fingerprint density at radius 1 is 1.23 bits per heavy atom. The molecule has 0 saturated carbocycles. The lowest BCUT2D eigenvalue weighted by atomic mass is 10.0. The Hall–Kier alpha value is -2.83. The van der Waals surface area contributed by atoms with E-state index in [4.69, 9.17) is 16.3 Å². The Balaban J connectivity index is 1.53. The van der Waals surface area contributed by atoms with Crippen LogP contribution in [0.25, 0.3) is 10.9 Å². The topological polar surface area (TPSA) is 63.6 Å². The molecule has 0 aliphatic carbocycles. The molecule has 7 heteroatoms. The van der Waals surface area contributed by atoms with Gasteiger partial charge in [0.15, 0.2) is 5.43 Å². The minimum Gasteiger partial charge on any atom is -0.495 e. The first-order chi connectivity index (χ1) is 14.4. The number of methoxy groups -OCH3 is 1. The van der Waals surface area contributed by atoms with Crippen LogP contribution in [0.1, 0.15) is 16.8 Å². The van der Waals surface area contributed by atoms with E-state index < -0.39 is 0 Å². The predicted octanol–water partition coefficient (Wildman–Crippen LogP) is 3.51. The number of anilines is 1. The van der Waals surface area contributed by atoms with Gasteiger partial charge in [-0.05, 0) is 37.3 Å². The second-order valence-corrected chi connectivity index (χ2v) is 8.10. The molecule has 1 N–H and O–H groups in total. The van der Waals surface area contributed by atoms with Crippen molar-refractivity contribution < 1.29 is 9.53 Å². The molecule has 30 heavy (non-hydrogen) atoms. The number of amides is 1. The lowest BCUT2D eigenvalue weighted by molar-refractivity contribution is -0.117. The summed E-state index contributed by atoms with van der Waals surface area (Å²) in [6.45, 7) is 3.37. The molecule has 0 atom stereocenters. The molecule has 0 saturated heterocycles. The summed E-state index contributed by atoms with van der Waals surface area (Å²) in [5.74, 6) is 0.411. The molecule has 156 valence electrons. The first kappa shape index (κ1) is 20.4. The van der Waals surface area contributed by atoms with Gasteiger partial charge in [-0.1, -0.05) is 23.2 Å². The number of ether oxygens (including phenoxy) is 1. The molecule has 2 aromatic carbocycles. The molecular weight excluding hydrogens is 402 g/mol. The molecule has 6 nitrogen and oxygen atoms in total. The smallest absolute Gasteiger partial charge is 0.238 e. The third kappa shape index (κ3) is 3.80. The second kappa shape index (κ2) is 8.13. The molecule has 0 unspecified atom stereocenters. The van der Waals surface area contributed by atoms with Gasteiger partial charge in [0.05, 0.1) is 24.2 Å². The largest absolute Gasteiger partial charge is 0.495 e. The van der Waals surface area contributed by atoms with Crippen LogP contribution in [0.4, 0.5) is 5.69 Å². The van der Waals surface area contributed by atoms with Crippen LogP contribution in [-0.4, -0.2) is 35.6 Å². The number of pyridine rings is 1. The van der Waals surface area contributed by atoms with E-state index in [1.54, 1.807) is 25.3 Å². The molecule has 1 aliphatic heterocycles.